The quantitative estimate of drug-likeness (QED) is 0.846. The van der Waals surface area contributed by atoms with Gasteiger partial charge in [0.15, 0.2) is 5.17 Å². The fourth-order valence-electron chi connectivity index (χ4n) is 2.26. The maximum absolute atomic E-state index is 12.1. The van der Waals surface area contributed by atoms with Crippen LogP contribution in [-0.2, 0) is 4.79 Å². The van der Waals surface area contributed by atoms with Crippen molar-refractivity contribution in [3.63, 3.8) is 0 Å². The summed E-state index contributed by atoms with van der Waals surface area (Å²) < 4.78 is 5.42. The monoisotopic (exact) mass is 338 g/mol. The van der Waals surface area contributed by atoms with E-state index >= 15 is 0 Å². The summed E-state index contributed by atoms with van der Waals surface area (Å²) in [5, 5.41) is 3.42. The van der Waals surface area contributed by atoms with Gasteiger partial charge in [-0.15, -0.1) is 0 Å². The van der Waals surface area contributed by atoms with Gasteiger partial charge in [-0.05, 0) is 61.0 Å². The molecule has 1 fully saturated rings. The number of nitrogens with zero attached hydrogens (tertiary/aromatic N) is 1. The lowest BCUT2D eigenvalue weighted by Crippen LogP contribution is -2.19. The van der Waals surface area contributed by atoms with Crippen LogP contribution in [0.3, 0.4) is 0 Å². The van der Waals surface area contributed by atoms with Crippen molar-refractivity contribution in [2.75, 3.05) is 6.61 Å². The zero-order valence-corrected chi connectivity index (χ0v) is 14.4. The van der Waals surface area contributed by atoms with Crippen LogP contribution in [0.4, 0.5) is 5.69 Å². The summed E-state index contributed by atoms with van der Waals surface area (Å²) >= 11 is 1.35. The minimum atomic E-state index is -0.124. The molecule has 1 heterocycles. The molecular weight excluding hydrogens is 320 g/mol. The van der Waals surface area contributed by atoms with Crippen LogP contribution in [0.5, 0.6) is 5.75 Å². The summed E-state index contributed by atoms with van der Waals surface area (Å²) in [5.74, 6) is 0.700. The lowest BCUT2D eigenvalue weighted by atomic mass is 10.2. The Morgan fingerprint density at radius 2 is 1.92 bits per heavy atom. The highest BCUT2D eigenvalue weighted by Gasteiger charge is 2.23. The molecule has 122 valence electrons. The Kier molecular flexibility index (Phi) is 5.01. The van der Waals surface area contributed by atoms with Gasteiger partial charge < -0.3 is 10.1 Å². The highest BCUT2D eigenvalue weighted by Crippen LogP contribution is 2.29. The van der Waals surface area contributed by atoms with Gasteiger partial charge in [-0.25, -0.2) is 4.99 Å². The third-order valence-electron chi connectivity index (χ3n) is 3.48. The van der Waals surface area contributed by atoms with Gasteiger partial charge in [0.05, 0.1) is 17.2 Å². The third kappa shape index (κ3) is 3.86. The Labute approximate surface area is 145 Å². The molecule has 0 aliphatic carbocycles. The van der Waals surface area contributed by atoms with E-state index < -0.39 is 0 Å². The molecule has 0 unspecified atom stereocenters. The number of aliphatic imine (C=N–C) groups is 1. The van der Waals surface area contributed by atoms with Crippen molar-refractivity contribution in [2.45, 2.75) is 13.8 Å². The lowest BCUT2D eigenvalue weighted by molar-refractivity contribution is -0.115. The number of benzene rings is 2. The predicted molar refractivity (Wildman–Crippen MR) is 99.6 cm³/mol. The predicted octanol–water partition coefficient (Wildman–Crippen LogP) is 4.29. The van der Waals surface area contributed by atoms with Crippen molar-refractivity contribution in [2.24, 2.45) is 4.99 Å². The first kappa shape index (κ1) is 16.3. The van der Waals surface area contributed by atoms with Crippen molar-refractivity contribution in [1.82, 2.24) is 5.32 Å². The molecule has 3 rings (SSSR count). The normalized spacial score (nSPS) is 17.3. The number of amides is 1. The summed E-state index contributed by atoms with van der Waals surface area (Å²) in [6, 6.07) is 15.5. The van der Waals surface area contributed by atoms with Gasteiger partial charge in [-0.3, -0.25) is 4.79 Å². The number of thioether (sulfide) groups is 1. The molecule has 5 heteroatoms. The largest absolute Gasteiger partial charge is 0.494 e. The fourth-order valence-corrected chi connectivity index (χ4v) is 3.09. The van der Waals surface area contributed by atoms with E-state index in [-0.39, 0.29) is 5.91 Å². The molecule has 1 aliphatic heterocycles. The first-order valence-electron chi connectivity index (χ1n) is 7.74. The molecule has 0 spiro atoms. The van der Waals surface area contributed by atoms with Gasteiger partial charge in [0.1, 0.15) is 5.75 Å². The van der Waals surface area contributed by atoms with E-state index in [1.807, 2.05) is 68.5 Å². The molecule has 4 nitrogen and oxygen atoms in total. The van der Waals surface area contributed by atoms with E-state index in [1.54, 1.807) is 0 Å². The number of para-hydroxylation sites is 1. The Morgan fingerprint density at radius 1 is 1.17 bits per heavy atom. The average molecular weight is 338 g/mol. The molecule has 1 amide bonds. The van der Waals surface area contributed by atoms with E-state index in [2.05, 4.69) is 10.3 Å². The van der Waals surface area contributed by atoms with Gasteiger partial charge in [-0.2, -0.15) is 0 Å². The van der Waals surface area contributed by atoms with E-state index in [0.717, 1.165) is 22.6 Å². The molecule has 0 bridgehead atoms. The van der Waals surface area contributed by atoms with E-state index in [0.29, 0.717) is 16.7 Å². The van der Waals surface area contributed by atoms with Gasteiger partial charge in [0, 0.05) is 0 Å². The number of carbonyl (C=O) groups is 1. The number of carbonyl (C=O) groups excluding carboxylic acids is 1. The second-order valence-electron chi connectivity index (χ2n) is 5.27. The van der Waals surface area contributed by atoms with E-state index in [9.17, 15) is 4.79 Å². The molecular formula is C19H18N2O2S. The number of aryl methyl sites for hydroxylation is 1. The molecule has 0 radical (unpaired) electrons. The summed E-state index contributed by atoms with van der Waals surface area (Å²) in [4.78, 5) is 17.3. The minimum absolute atomic E-state index is 0.124. The molecule has 1 N–H and O–H groups in total. The van der Waals surface area contributed by atoms with Gasteiger partial charge in [0.25, 0.3) is 5.91 Å². The molecule has 24 heavy (non-hydrogen) atoms. The van der Waals surface area contributed by atoms with Crippen molar-refractivity contribution in [1.29, 1.82) is 0 Å². The Balaban J connectivity index is 1.78. The van der Waals surface area contributed by atoms with Gasteiger partial charge in [-0.1, -0.05) is 30.3 Å². The minimum Gasteiger partial charge on any atom is -0.494 e. The standard InChI is InChI=1S/C19H18N2O2S/c1-3-23-15-10-8-14(9-11-15)12-17-18(22)21-19(24-17)20-16-7-5-4-6-13(16)2/h4-12H,3H2,1-2H3,(H,20,21,22)/b17-12-. The van der Waals surface area contributed by atoms with Gasteiger partial charge >= 0.3 is 0 Å². The topological polar surface area (TPSA) is 50.7 Å². The van der Waals surface area contributed by atoms with Crippen LogP contribution >= 0.6 is 11.8 Å². The zero-order chi connectivity index (χ0) is 16.9. The highest BCUT2D eigenvalue weighted by atomic mass is 32.2. The number of hydrogen-bond acceptors (Lipinski definition) is 4. The zero-order valence-electron chi connectivity index (χ0n) is 13.6. The molecule has 0 aromatic heterocycles. The summed E-state index contributed by atoms with van der Waals surface area (Å²) in [6.07, 6.45) is 1.86. The second-order valence-corrected chi connectivity index (χ2v) is 6.30. The van der Waals surface area contributed by atoms with Crippen LogP contribution in [0.1, 0.15) is 18.1 Å². The lowest BCUT2D eigenvalue weighted by Gasteiger charge is -2.02. The van der Waals surface area contributed by atoms with Crippen molar-refractivity contribution >= 4 is 34.6 Å². The Morgan fingerprint density at radius 3 is 2.62 bits per heavy atom. The first-order chi connectivity index (χ1) is 11.7. The number of hydrogen-bond donors (Lipinski definition) is 1. The van der Waals surface area contributed by atoms with Crippen LogP contribution < -0.4 is 10.1 Å². The average Bonchev–Trinajstić information content (AvgIpc) is 2.91. The summed E-state index contributed by atoms with van der Waals surface area (Å²) in [5.41, 5.74) is 2.89. The van der Waals surface area contributed by atoms with Crippen LogP contribution in [0.25, 0.3) is 6.08 Å². The maximum Gasteiger partial charge on any atom is 0.264 e. The van der Waals surface area contributed by atoms with Crippen molar-refractivity contribution in [3.8, 4) is 5.75 Å². The summed E-state index contributed by atoms with van der Waals surface area (Å²) in [7, 11) is 0. The van der Waals surface area contributed by atoms with Crippen molar-refractivity contribution < 1.29 is 9.53 Å². The van der Waals surface area contributed by atoms with Crippen LogP contribution in [0, 0.1) is 6.92 Å². The number of ether oxygens (including phenoxy) is 1. The molecule has 2 aromatic carbocycles. The van der Waals surface area contributed by atoms with Crippen LogP contribution in [-0.4, -0.2) is 17.7 Å². The molecule has 2 aromatic rings. The number of amidine groups is 1. The fraction of sp³-hybridized carbons (Fsp3) is 0.158. The van der Waals surface area contributed by atoms with Crippen molar-refractivity contribution in [3.05, 3.63) is 64.6 Å². The SMILES string of the molecule is CCOc1ccc(/C=C2\SC(=Nc3ccccc3C)NC2=O)cc1. The number of rotatable bonds is 4. The first-order valence-corrected chi connectivity index (χ1v) is 8.55. The summed E-state index contributed by atoms with van der Waals surface area (Å²) in [6.45, 7) is 4.58. The molecule has 1 aliphatic rings. The van der Waals surface area contributed by atoms with Gasteiger partial charge in [0.2, 0.25) is 0 Å². The van der Waals surface area contributed by atoms with E-state index in [1.165, 1.54) is 11.8 Å². The Bertz CT molecular complexity index is 810. The maximum atomic E-state index is 12.1. The van der Waals surface area contributed by atoms with Crippen LogP contribution in [0.2, 0.25) is 0 Å². The molecule has 1 saturated heterocycles. The molecule has 0 atom stereocenters. The molecule has 0 saturated carbocycles. The smallest absolute Gasteiger partial charge is 0.264 e. The Hall–Kier alpha value is -2.53. The third-order valence-corrected chi connectivity index (χ3v) is 4.39. The number of nitrogens with one attached hydrogen (secondary N) is 1. The van der Waals surface area contributed by atoms with Crippen LogP contribution in [0.15, 0.2) is 58.4 Å². The second kappa shape index (κ2) is 7.36. The van der Waals surface area contributed by atoms with E-state index in [4.69, 9.17) is 4.74 Å². The highest BCUT2D eigenvalue weighted by molar-refractivity contribution is 8.18.